The summed E-state index contributed by atoms with van der Waals surface area (Å²) in [6.07, 6.45) is 1.11. The van der Waals surface area contributed by atoms with E-state index in [4.69, 9.17) is 15.3 Å². The number of amides is 1. The van der Waals surface area contributed by atoms with Gasteiger partial charge in [0.15, 0.2) is 22.3 Å². The van der Waals surface area contributed by atoms with Crippen LogP contribution >= 0.6 is 0 Å². The first-order valence-corrected chi connectivity index (χ1v) is 9.46. The lowest BCUT2D eigenvalue weighted by Gasteiger charge is -2.07. The molecule has 9 heteroatoms. The highest BCUT2D eigenvalue weighted by molar-refractivity contribution is 7.90. The van der Waals surface area contributed by atoms with Crippen LogP contribution in [-0.2, 0) is 19.5 Å². The van der Waals surface area contributed by atoms with Gasteiger partial charge < -0.3 is 20.6 Å². The van der Waals surface area contributed by atoms with Gasteiger partial charge in [-0.15, -0.1) is 0 Å². The first-order valence-electron chi connectivity index (χ1n) is 7.57. The van der Waals surface area contributed by atoms with Crippen molar-refractivity contribution in [2.75, 3.05) is 24.8 Å². The second-order valence-corrected chi connectivity index (χ2v) is 7.32. The average molecular weight is 377 g/mol. The summed E-state index contributed by atoms with van der Waals surface area (Å²) in [7, 11) is -3.28. The molecule has 0 spiro atoms. The third kappa shape index (κ3) is 6.44. The van der Waals surface area contributed by atoms with Crippen LogP contribution in [0.1, 0.15) is 0 Å². The fourth-order valence-corrected chi connectivity index (χ4v) is 2.49. The van der Waals surface area contributed by atoms with Crippen molar-refractivity contribution < 1.29 is 22.8 Å². The molecule has 0 radical (unpaired) electrons. The fourth-order valence-electron chi connectivity index (χ4n) is 1.86. The lowest BCUT2D eigenvalue weighted by Crippen LogP contribution is -2.23. The lowest BCUT2D eigenvalue weighted by molar-refractivity contribution is -0.120. The molecule has 1 amide bonds. The van der Waals surface area contributed by atoms with Crippen LogP contribution in [0, 0.1) is 0 Å². The number of rotatable bonds is 8. The van der Waals surface area contributed by atoms with Crippen LogP contribution in [0.3, 0.4) is 0 Å². The molecule has 0 fully saturated rings. The number of hydrogen-bond donors (Lipinski definition) is 2. The molecule has 0 saturated heterocycles. The Morgan fingerprint density at radius 3 is 2.35 bits per heavy atom. The van der Waals surface area contributed by atoms with Crippen LogP contribution in [0.2, 0.25) is 0 Å². The van der Waals surface area contributed by atoms with E-state index in [0.717, 1.165) is 6.26 Å². The van der Waals surface area contributed by atoms with Gasteiger partial charge in [0.1, 0.15) is 12.4 Å². The minimum absolute atomic E-state index is 0.0264. The van der Waals surface area contributed by atoms with Gasteiger partial charge in [0.25, 0.3) is 5.91 Å². The van der Waals surface area contributed by atoms with E-state index < -0.39 is 15.7 Å². The summed E-state index contributed by atoms with van der Waals surface area (Å²) >= 11 is 0. The Morgan fingerprint density at radius 2 is 1.73 bits per heavy atom. The molecule has 3 N–H and O–H groups in total. The number of anilines is 1. The number of nitrogens with zero attached hydrogens (tertiary/aromatic N) is 1. The van der Waals surface area contributed by atoms with Crippen LogP contribution in [0.15, 0.2) is 64.6 Å². The lowest BCUT2D eigenvalue weighted by atomic mass is 10.3. The van der Waals surface area contributed by atoms with Crippen molar-refractivity contribution in [1.82, 2.24) is 0 Å². The Balaban J connectivity index is 1.75. The number of nitrogens with two attached hydrogens (primary N) is 1. The molecule has 0 aliphatic carbocycles. The summed E-state index contributed by atoms with van der Waals surface area (Å²) in [6.45, 7) is -0.321. The van der Waals surface area contributed by atoms with Gasteiger partial charge in [0.2, 0.25) is 0 Å². The third-order valence-corrected chi connectivity index (χ3v) is 4.20. The molecule has 138 valence electrons. The van der Waals surface area contributed by atoms with E-state index in [2.05, 4.69) is 10.5 Å². The van der Waals surface area contributed by atoms with Gasteiger partial charge in [-0.25, -0.2) is 8.42 Å². The molecule has 8 nitrogen and oxygen atoms in total. The predicted molar refractivity (Wildman–Crippen MR) is 97.7 cm³/mol. The normalized spacial score (nSPS) is 11.7. The molecule has 0 unspecified atom stereocenters. The molecule has 0 atom stereocenters. The predicted octanol–water partition coefficient (Wildman–Crippen LogP) is 1.40. The maximum Gasteiger partial charge on any atom is 0.265 e. The quantitative estimate of drug-likeness (QED) is 0.408. The Morgan fingerprint density at radius 1 is 1.08 bits per heavy atom. The Bertz CT molecular complexity index is 865. The number of nitrogens with one attached hydrogen (secondary N) is 1. The Kier molecular flexibility index (Phi) is 6.56. The number of benzene rings is 2. The summed E-state index contributed by atoms with van der Waals surface area (Å²) < 4.78 is 28.1. The van der Waals surface area contributed by atoms with Crippen molar-refractivity contribution >= 4 is 27.3 Å². The molecule has 0 bridgehead atoms. The molecule has 0 aliphatic rings. The smallest absolute Gasteiger partial charge is 0.265 e. The van der Waals surface area contributed by atoms with E-state index in [1.807, 2.05) is 18.2 Å². The second kappa shape index (κ2) is 8.86. The SMILES string of the molecule is CS(=O)(=O)c1ccc(NC(=O)CO/N=C(/N)COc2ccccc2)cc1. The molecule has 0 aromatic heterocycles. The van der Waals surface area contributed by atoms with E-state index in [9.17, 15) is 13.2 Å². The van der Waals surface area contributed by atoms with Gasteiger partial charge in [-0.2, -0.15) is 0 Å². The maximum atomic E-state index is 11.8. The average Bonchev–Trinajstić information content (AvgIpc) is 2.60. The van der Waals surface area contributed by atoms with E-state index >= 15 is 0 Å². The topological polar surface area (TPSA) is 120 Å². The first-order chi connectivity index (χ1) is 12.3. The van der Waals surface area contributed by atoms with E-state index in [1.54, 1.807) is 12.1 Å². The Hall–Kier alpha value is -3.07. The second-order valence-electron chi connectivity index (χ2n) is 5.30. The van der Waals surface area contributed by atoms with E-state index in [-0.39, 0.29) is 23.9 Å². The van der Waals surface area contributed by atoms with Crippen LogP contribution in [0.25, 0.3) is 0 Å². The highest BCUT2D eigenvalue weighted by Crippen LogP contribution is 2.13. The van der Waals surface area contributed by atoms with Gasteiger partial charge in [-0.3, -0.25) is 4.79 Å². The van der Waals surface area contributed by atoms with Crippen molar-refractivity contribution in [3.05, 3.63) is 54.6 Å². The number of carbonyl (C=O) groups excluding carboxylic acids is 1. The molecule has 0 aliphatic heterocycles. The number of carbonyl (C=O) groups is 1. The van der Waals surface area contributed by atoms with E-state index in [1.165, 1.54) is 24.3 Å². The maximum absolute atomic E-state index is 11.8. The van der Waals surface area contributed by atoms with Crippen LogP contribution in [0.4, 0.5) is 5.69 Å². The standard InChI is InChI=1S/C17H19N3O5S/c1-26(22,23)15-9-7-13(8-10-15)19-17(21)12-25-20-16(18)11-24-14-5-3-2-4-6-14/h2-10H,11-12H2,1H3,(H2,18,20)(H,19,21). The number of sulfone groups is 1. The molecule has 26 heavy (non-hydrogen) atoms. The van der Waals surface area contributed by atoms with Crippen molar-refractivity contribution in [1.29, 1.82) is 0 Å². The highest BCUT2D eigenvalue weighted by atomic mass is 32.2. The van der Waals surface area contributed by atoms with Crippen LogP contribution in [-0.4, -0.2) is 39.6 Å². The minimum atomic E-state index is -3.28. The van der Waals surface area contributed by atoms with Gasteiger partial charge in [-0.1, -0.05) is 23.4 Å². The zero-order chi connectivity index (χ0) is 19.0. The van der Waals surface area contributed by atoms with Crippen molar-refractivity contribution in [3.8, 4) is 5.75 Å². The molecule has 2 rings (SSSR count). The van der Waals surface area contributed by atoms with Gasteiger partial charge in [0.05, 0.1) is 4.90 Å². The van der Waals surface area contributed by atoms with Crippen LogP contribution in [0.5, 0.6) is 5.75 Å². The third-order valence-electron chi connectivity index (χ3n) is 3.07. The van der Waals surface area contributed by atoms with Gasteiger partial charge in [-0.05, 0) is 36.4 Å². The Labute approximate surface area is 151 Å². The van der Waals surface area contributed by atoms with Crippen molar-refractivity contribution in [2.45, 2.75) is 4.90 Å². The molecular formula is C17H19N3O5S. The minimum Gasteiger partial charge on any atom is -0.486 e. The summed E-state index contributed by atoms with van der Waals surface area (Å²) in [5.74, 6) is 0.262. The van der Waals surface area contributed by atoms with Gasteiger partial charge >= 0.3 is 0 Å². The molecule has 0 saturated carbocycles. The van der Waals surface area contributed by atoms with Crippen LogP contribution < -0.4 is 15.8 Å². The highest BCUT2D eigenvalue weighted by Gasteiger charge is 2.08. The monoisotopic (exact) mass is 377 g/mol. The zero-order valence-electron chi connectivity index (χ0n) is 14.1. The summed E-state index contributed by atoms with van der Waals surface area (Å²) in [5.41, 5.74) is 6.07. The molecule has 0 heterocycles. The molecule has 2 aromatic carbocycles. The van der Waals surface area contributed by atoms with Crippen molar-refractivity contribution in [2.24, 2.45) is 10.9 Å². The summed E-state index contributed by atoms with van der Waals surface area (Å²) in [6, 6.07) is 14.8. The largest absolute Gasteiger partial charge is 0.486 e. The van der Waals surface area contributed by atoms with E-state index in [0.29, 0.717) is 11.4 Å². The zero-order valence-corrected chi connectivity index (χ0v) is 14.9. The molecule has 2 aromatic rings. The van der Waals surface area contributed by atoms with Crippen molar-refractivity contribution in [3.63, 3.8) is 0 Å². The first kappa shape index (κ1) is 19.3. The molecular weight excluding hydrogens is 358 g/mol. The number of amidine groups is 1. The van der Waals surface area contributed by atoms with Gasteiger partial charge in [0, 0.05) is 11.9 Å². The number of para-hydroxylation sites is 1. The number of oxime groups is 1. The number of hydrogen-bond acceptors (Lipinski definition) is 6. The summed E-state index contributed by atoms with van der Waals surface area (Å²) in [5, 5.41) is 6.15. The summed E-state index contributed by atoms with van der Waals surface area (Å²) in [4.78, 5) is 16.8. The number of ether oxygens (including phenoxy) is 1. The fraction of sp³-hybridized carbons (Fsp3) is 0.176.